The lowest BCUT2D eigenvalue weighted by atomic mass is 10.2. The quantitative estimate of drug-likeness (QED) is 0.245. The summed E-state index contributed by atoms with van der Waals surface area (Å²) in [5, 5.41) is 9.30. The van der Waals surface area contributed by atoms with Crippen LogP contribution in [0.25, 0.3) is 9.53 Å². The molecule has 4 aromatic rings. The first-order chi connectivity index (χ1) is 14.2. The highest BCUT2D eigenvalue weighted by Crippen LogP contribution is 2.34. The van der Waals surface area contributed by atoms with Gasteiger partial charge in [0.15, 0.2) is 0 Å². The van der Waals surface area contributed by atoms with Crippen molar-refractivity contribution in [2.45, 2.75) is 13.8 Å². The highest BCUT2D eigenvalue weighted by molar-refractivity contribution is 7.29. The number of rotatable bonds is 7. The second kappa shape index (κ2) is 9.02. The van der Waals surface area contributed by atoms with E-state index in [2.05, 4.69) is 62.1 Å². The first-order valence-corrected chi connectivity index (χ1v) is 11.0. The summed E-state index contributed by atoms with van der Waals surface area (Å²) in [6, 6.07) is 14.0. The molecule has 0 aliphatic carbocycles. The van der Waals surface area contributed by atoms with E-state index in [4.69, 9.17) is 0 Å². The number of azo groups is 1. The minimum absolute atomic E-state index is 0.664. The van der Waals surface area contributed by atoms with E-state index in [9.17, 15) is 0 Å². The predicted octanol–water partition coefficient (Wildman–Crippen LogP) is 6.77. The van der Waals surface area contributed by atoms with Crippen LogP contribution in [0.3, 0.4) is 0 Å². The number of aromatic nitrogens is 2. The van der Waals surface area contributed by atoms with Gasteiger partial charge in [-0.05, 0) is 56.3 Å². The lowest BCUT2D eigenvalue weighted by Gasteiger charge is -2.20. The molecule has 0 amide bonds. The molecule has 0 fully saturated rings. The van der Waals surface area contributed by atoms with Gasteiger partial charge in [0.25, 0.3) is 0 Å². The zero-order valence-corrected chi connectivity index (χ0v) is 17.8. The molecule has 29 heavy (non-hydrogen) atoms. The lowest BCUT2D eigenvalue weighted by Crippen LogP contribution is -2.21. The molecule has 0 atom stereocenters. The summed E-state index contributed by atoms with van der Waals surface area (Å²) in [6.07, 6.45) is 5.32. The molecule has 0 saturated carbocycles. The zero-order chi connectivity index (χ0) is 20.1. The van der Waals surface area contributed by atoms with Crippen LogP contribution in [-0.2, 0) is 0 Å². The van der Waals surface area contributed by atoms with Gasteiger partial charge in [0.2, 0.25) is 5.13 Å². The molecule has 0 aliphatic heterocycles. The Morgan fingerprint density at radius 3 is 2.38 bits per heavy atom. The monoisotopic (exact) mass is 420 g/mol. The topological polar surface area (TPSA) is 66.1 Å². The molecule has 0 aliphatic rings. The molecule has 8 heteroatoms. The van der Waals surface area contributed by atoms with Crippen LogP contribution in [-0.4, -0.2) is 29.3 Å². The fourth-order valence-corrected chi connectivity index (χ4v) is 4.75. The number of benzene rings is 1. The molecule has 0 radical (unpaired) electrons. The van der Waals surface area contributed by atoms with Gasteiger partial charge < -0.3 is 4.90 Å². The summed E-state index contributed by atoms with van der Waals surface area (Å²) in [6.45, 7) is 6.29. The highest BCUT2D eigenvalue weighted by atomic mass is 32.1. The van der Waals surface area contributed by atoms with Crippen LogP contribution >= 0.6 is 22.7 Å². The van der Waals surface area contributed by atoms with Crippen molar-refractivity contribution >= 4 is 60.6 Å². The van der Waals surface area contributed by atoms with Gasteiger partial charge in [0.1, 0.15) is 4.83 Å². The van der Waals surface area contributed by atoms with E-state index in [1.165, 1.54) is 17.0 Å². The number of nitrogens with zero attached hydrogens (tertiary/aromatic N) is 6. The van der Waals surface area contributed by atoms with Gasteiger partial charge in [-0.1, -0.05) is 11.3 Å². The number of hydrogen-bond acceptors (Lipinski definition) is 8. The number of anilines is 1. The maximum absolute atomic E-state index is 4.57. The van der Waals surface area contributed by atoms with Gasteiger partial charge in [0, 0.05) is 42.3 Å². The van der Waals surface area contributed by atoms with E-state index in [1.54, 1.807) is 23.7 Å². The Morgan fingerprint density at radius 2 is 1.69 bits per heavy atom. The van der Waals surface area contributed by atoms with Crippen LogP contribution in [0.4, 0.5) is 22.2 Å². The second-order valence-electron chi connectivity index (χ2n) is 6.17. The molecular formula is C21H20N6S2. The van der Waals surface area contributed by atoms with E-state index >= 15 is 0 Å². The summed E-state index contributed by atoms with van der Waals surface area (Å²) in [7, 11) is 0. The van der Waals surface area contributed by atoms with E-state index in [0.717, 1.165) is 38.9 Å². The third kappa shape index (κ3) is 4.72. The van der Waals surface area contributed by atoms with Crippen LogP contribution in [0, 0.1) is 0 Å². The Morgan fingerprint density at radius 1 is 0.931 bits per heavy atom. The summed E-state index contributed by atoms with van der Waals surface area (Å²) >= 11 is 3.13. The predicted molar refractivity (Wildman–Crippen MR) is 123 cm³/mol. The van der Waals surface area contributed by atoms with Crippen molar-refractivity contribution in [1.29, 1.82) is 0 Å². The molecule has 6 nitrogen and oxygen atoms in total. The van der Waals surface area contributed by atoms with Crippen LogP contribution in [0.5, 0.6) is 0 Å². The third-order valence-electron chi connectivity index (χ3n) is 4.33. The van der Waals surface area contributed by atoms with E-state index in [-0.39, 0.29) is 0 Å². The van der Waals surface area contributed by atoms with Crippen molar-refractivity contribution in [3.63, 3.8) is 0 Å². The maximum atomic E-state index is 4.57. The molecule has 1 aromatic carbocycles. The van der Waals surface area contributed by atoms with Gasteiger partial charge in [-0.25, -0.2) is 4.98 Å². The van der Waals surface area contributed by atoms with Crippen molar-refractivity contribution in [3.05, 3.63) is 59.7 Å². The summed E-state index contributed by atoms with van der Waals surface area (Å²) < 4.78 is 1.09. The first-order valence-electron chi connectivity index (χ1n) is 9.36. The van der Waals surface area contributed by atoms with Gasteiger partial charge >= 0.3 is 0 Å². The Bertz CT molecular complexity index is 1090. The van der Waals surface area contributed by atoms with E-state index in [1.807, 2.05) is 30.5 Å². The molecule has 0 spiro atoms. The largest absolute Gasteiger partial charge is 0.372 e. The van der Waals surface area contributed by atoms with Crippen LogP contribution < -0.4 is 4.90 Å². The molecule has 0 saturated heterocycles. The van der Waals surface area contributed by atoms with Crippen molar-refractivity contribution in [3.8, 4) is 0 Å². The fourth-order valence-electron chi connectivity index (χ4n) is 2.84. The average molecular weight is 421 g/mol. The van der Waals surface area contributed by atoms with Crippen LogP contribution in [0.15, 0.2) is 70.1 Å². The fraction of sp³-hybridized carbons (Fsp3) is 0.190. The average Bonchev–Trinajstić information content (AvgIpc) is 3.32. The summed E-state index contributed by atoms with van der Waals surface area (Å²) in [4.78, 5) is 17.3. The van der Waals surface area contributed by atoms with Crippen molar-refractivity contribution < 1.29 is 0 Å². The number of pyridine rings is 1. The summed E-state index contributed by atoms with van der Waals surface area (Å²) in [5.41, 5.74) is 2.90. The molecule has 0 unspecified atom stereocenters. The van der Waals surface area contributed by atoms with Crippen molar-refractivity contribution in [1.82, 2.24) is 9.97 Å². The maximum Gasteiger partial charge on any atom is 0.231 e. The third-order valence-corrected chi connectivity index (χ3v) is 6.31. The van der Waals surface area contributed by atoms with Crippen LogP contribution in [0.1, 0.15) is 18.7 Å². The van der Waals surface area contributed by atoms with Gasteiger partial charge in [-0.2, -0.15) is 0 Å². The molecular weight excluding hydrogens is 400 g/mol. The number of thiazole rings is 1. The first kappa shape index (κ1) is 19.4. The molecule has 4 rings (SSSR count). The molecule has 3 heterocycles. The zero-order valence-electron chi connectivity index (χ0n) is 16.2. The van der Waals surface area contributed by atoms with Crippen LogP contribution in [0.2, 0.25) is 0 Å². The lowest BCUT2D eigenvalue weighted by molar-refractivity contribution is 0.866. The number of fused-ring (bicyclic) bond motifs is 1. The Kier molecular flexibility index (Phi) is 6.02. The Hall–Kier alpha value is -2.97. The standard InChI is InChI=1S/C21H20N6S2/c1-3-27(4-2)17-7-5-16(6-8-17)25-26-21-24-20-19(29-21)13-18(28-20)14-23-15-9-11-22-12-10-15/h5-14H,3-4H2,1-2H3. The van der Waals surface area contributed by atoms with Crippen molar-refractivity contribution in [2.24, 2.45) is 15.2 Å². The molecule has 3 aromatic heterocycles. The van der Waals surface area contributed by atoms with Gasteiger partial charge in [-0.15, -0.1) is 21.6 Å². The minimum Gasteiger partial charge on any atom is -0.372 e. The number of hydrogen-bond donors (Lipinski definition) is 0. The molecule has 0 N–H and O–H groups in total. The highest BCUT2D eigenvalue weighted by Gasteiger charge is 2.07. The van der Waals surface area contributed by atoms with Gasteiger partial charge in [0.05, 0.1) is 16.1 Å². The van der Waals surface area contributed by atoms with Crippen molar-refractivity contribution in [2.75, 3.05) is 18.0 Å². The smallest absolute Gasteiger partial charge is 0.231 e. The number of aliphatic imine (C=N–C) groups is 1. The minimum atomic E-state index is 0.664. The SMILES string of the molecule is CCN(CC)c1ccc(N=Nc2nc3sc(C=Nc4ccncc4)cc3s2)cc1. The second-order valence-corrected chi connectivity index (χ2v) is 8.24. The Balaban J connectivity index is 1.45. The van der Waals surface area contributed by atoms with Gasteiger partial charge in [-0.3, -0.25) is 9.98 Å². The molecule has 146 valence electrons. The van der Waals surface area contributed by atoms with E-state index < -0.39 is 0 Å². The molecule has 0 bridgehead atoms. The van der Waals surface area contributed by atoms with E-state index in [0.29, 0.717) is 5.13 Å². The normalized spacial score (nSPS) is 11.8. The Labute approximate surface area is 177 Å². The summed E-state index contributed by atoms with van der Waals surface area (Å²) in [5.74, 6) is 0. The number of thiophene rings is 1.